The number of hydrogen-bond donors (Lipinski definition) is 0. The standard InChI is InChI=1S/C24H23FN4O3S/c1-30-20-14-16(15-21(31-2)22(20)32-3)23-27-28-24(29(23)19-10-5-4-9-18(19)25)33-13-11-17-8-6-7-12-26-17/h4-10,12,14-15H,11,13H2,1-3H3. The minimum atomic E-state index is -0.377. The van der Waals surface area contributed by atoms with Gasteiger partial charge in [0.25, 0.3) is 0 Å². The summed E-state index contributed by atoms with van der Waals surface area (Å²) in [4.78, 5) is 4.36. The molecule has 4 aromatic rings. The van der Waals surface area contributed by atoms with Gasteiger partial charge < -0.3 is 14.2 Å². The first-order valence-corrected chi connectivity index (χ1v) is 11.2. The van der Waals surface area contributed by atoms with Gasteiger partial charge in [0.1, 0.15) is 5.82 Å². The predicted octanol–water partition coefficient (Wildman–Crippen LogP) is 4.83. The maximum Gasteiger partial charge on any atom is 0.203 e. The number of aryl methyl sites for hydroxylation is 1. The second-order valence-electron chi connectivity index (χ2n) is 6.93. The van der Waals surface area contributed by atoms with Crippen LogP contribution in [-0.4, -0.2) is 46.8 Å². The zero-order chi connectivity index (χ0) is 23.2. The van der Waals surface area contributed by atoms with Crippen LogP contribution in [0.1, 0.15) is 5.69 Å². The van der Waals surface area contributed by atoms with E-state index < -0.39 is 0 Å². The third-order valence-corrected chi connectivity index (χ3v) is 5.90. The van der Waals surface area contributed by atoms with E-state index in [-0.39, 0.29) is 5.82 Å². The molecule has 0 atom stereocenters. The van der Waals surface area contributed by atoms with Crippen molar-refractivity contribution in [2.75, 3.05) is 27.1 Å². The summed E-state index contributed by atoms with van der Waals surface area (Å²) in [7, 11) is 4.63. The maximum atomic E-state index is 14.9. The van der Waals surface area contributed by atoms with E-state index in [1.54, 1.807) is 55.3 Å². The summed E-state index contributed by atoms with van der Waals surface area (Å²) in [6.07, 6.45) is 2.51. The van der Waals surface area contributed by atoms with Crippen LogP contribution >= 0.6 is 11.8 Å². The first kappa shape index (κ1) is 22.6. The molecule has 33 heavy (non-hydrogen) atoms. The third-order valence-electron chi connectivity index (χ3n) is 4.97. The largest absolute Gasteiger partial charge is 0.493 e. The van der Waals surface area contributed by atoms with Crippen molar-refractivity contribution in [1.82, 2.24) is 19.7 Å². The number of aromatic nitrogens is 4. The average molecular weight is 467 g/mol. The molecule has 0 unspecified atom stereocenters. The van der Waals surface area contributed by atoms with Gasteiger partial charge in [0.2, 0.25) is 5.75 Å². The van der Waals surface area contributed by atoms with Gasteiger partial charge in [-0.2, -0.15) is 0 Å². The molecule has 7 nitrogen and oxygen atoms in total. The Labute approximate surface area is 195 Å². The zero-order valence-electron chi connectivity index (χ0n) is 18.5. The Morgan fingerprint density at radius 3 is 2.27 bits per heavy atom. The van der Waals surface area contributed by atoms with Gasteiger partial charge in [-0.15, -0.1) is 10.2 Å². The molecular weight excluding hydrogens is 443 g/mol. The molecule has 0 fully saturated rings. The van der Waals surface area contributed by atoms with Crippen molar-refractivity contribution < 1.29 is 18.6 Å². The van der Waals surface area contributed by atoms with Crippen molar-refractivity contribution in [3.63, 3.8) is 0 Å². The van der Waals surface area contributed by atoms with Crippen LogP contribution < -0.4 is 14.2 Å². The molecule has 0 spiro atoms. The molecule has 2 heterocycles. The molecule has 0 amide bonds. The van der Waals surface area contributed by atoms with Crippen molar-refractivity contribution >= 4 is 11.8 Å². The minimum Gasteiger partial charge on any atom is -0.493 e. The summed E-state index contributed by atoms with van der Waals surface area (Å²) in [6, 6.07) is 15.9. The number of hydrogen-bond acceptors (Lipinski definition) is 7. The molecule has 0 radical (unpaired) electrons. The highest BCUT2D eigenvalue weighted by atomic mass is 32.2. The summed E-state index contributed by atoms with van der Waals surface area (Å²) in [5.74, 6) is 2.19. The maximum absolute atomic E-state index is 14.9. The summed E-state index contributed by atoms with van der Waals surface area (Å²) in [6.45, 7) is 0. The number of para-hydroxylation sites is 1. The smallest absolute Gasteiger partial charge is 0.203 e. The molecule has 0 aliphatic rings. The van der Waals surface area contributed by atoms with Gasteiger partial charge in [-0.1, -0.05) is 30.0 Å². The van der Waals surface area contributed by atoms with Crippen LogP contribution in [0, 0.1) is 5.82 Å². The number of nitrogens with zero attached hydrogens (tertiary/aromatic N) is 4. The first-order chi connectivity index (χ1) is 16.2. The Bertz CT molecular complexity index is 1210. The van der Waals surface area contributed by atoms with Crippen LogP contribution in [0.15, 0.2) is 66.0 Å². The molecule has 2 aromatic heterocycles. The van der Waals surface area contributed by atoms with E-state index in [9.17, 15) is 4.39 Å². The van der Waals surface area contributed by atoms with Crippen LogP contribution in [0.3, 0.4) is 0 Å². The van der Waals surface area contributed by atoms with Crippen LogP contribution in [0.5, 0.6) is 17.2 Å². The van der Waals surface area contributed by atoms with Crippen LogP contribution in [0.25, 0.3) is 17.1 Å². The molecule has 0 aliphatic heterocycles. The molecule has 0 saturated heterocycles. The lowest BCUT2D eigenvalue weighted by Gasteiger charge is -2.15. The lowest BCUT2D eigenvalue weighted by atomic mass is 10.1. The Hall–Kier alpha value is -3.59. The van der Waals surface area contributed by atoms with Crippen LogP contribution in [0.4, 0.5) is 4.39 Å². The SMILES string of the molecule is COc1cc(-c2nnc(SCCc3ccccn3)n2-c2ccccc2F)cc(OC)c1OC. The van der Waals surface area contributed by atoms with E-state index in [4.69, 9.17) is 14.2 Å². The molecule has 0 N–H and O–H groups in total. The van der Waals surface area contributed by atoms with Gasteiger partial charge >= 0.3 is 0 Å². The number of thioether (sulfide) groups is 1. The highest BCUT2D eigenvalue weighted by Crippen LogP contribution is 2.41. The van der Waals surface area contributed by atoms with Crippen LogP contribution in [0.2, 0.25) is 0 Å². The normalized spacial score (nSPS) is 10.8. The molecule has 9 heteroatoms. The van der Waals surface area contributed by atoms with Crippen molar-refractivity contribution in [3.8, 4) is 34.3 Å². The summed E-state index contributed by atoms with van der Waals surface area (Å²) >= 11 is 1.48. The zero-order valence-corrected chi connectivity index (χ0v) is 19.3. The van der Waals surface area contributed by atoms with Crippen molar-refractivity contribution in [1.29, 1.82) is 0 Å². The summed E-state index contributed by atoms with van der Waals surface area (Å²) in [5.41, 5.74) is 1.98. The second kappa shape index (κ2) is 10.4. The summed E-state index contributed by atoms with van der Waals surface area (Å²) in [5, 5.41) is 9.33. The van der Waals surface area contributed by atoms with E-state index in [0.29, 0.717) is 45.2 Å². The van der Waals surface area contributed by atoms with E-state index in [0.717, 1.165) is 12.1 Å². The fourth-order valence-corrected chi connectivity index (χ4v) is 4.31. The lowest BCUT2D eigenvalue weighted by Crippen LogP contribution is -2.04. The molecule has 0 saturated carbocycles. The molecule has 2 aromatic carbocycles. The second-order valence-corrected chi connectivity index (χ2v) is 7.99. The fourth-order valence-electron chi connectivity index (χ4n) is 3.40. The Morgan fingerprint density at radius 2 is 1.64 bits per heavy atom. The molecular formula is C24H23FN4O3S. The van der Waals surface area contributed by atoms with Gasteiger partial charge in [-0.25, -0.2) is 4.39 Å². The van der Waals surface area contributed by atoms with Gasteiger partial charge in [0, 0.05) is 23.2 Å². The van der Waals surface area contributed by atoms with Gasteiger partial charge in [0.15, 0.2) is 22.5 Å². The number of halogens is 1. The Balaban J connectivity index is 1.77. The summed E-state index contributed by atoms with van der Waals surface area (Å²) < 4.78 is 33.0. The number of benzene rings is 2. The Morgan fingerprint density at radius 1 is 0.909 bits per heavy atom. The fraction of sp³-hybridized carbons (Fsp3) is 0.208. The highest BCUT2D eigenvalue weighted by Gasteiger charge is 2.22. The molecule has 170 valence electrons. The van der Waals surface area contributed by atoms with Crippen molar-refractivity contribution in [2.24, 2.45) is 0 Å². The van der Waals surface area contributed by atoms with Crippen molar-refractivity contribution in [3.05, 3.63) is 72.3 Å². The number of methoxy groups -OCH3 is 3. The van der Waals surface area contributed by atoms with E-state index in [1.807, 2.05) is 18.2 Å². The lowest BCUT2D eigenvalue weighted by molar-refractivity contribution is 0.324. The van der Waals surface area contributed by atoms with Gasteiger partial charge in [-0.3, -0.25) is 9.55 Å². The monoisotopic (exact) mass is 466 g/mol. The topological polar surface area (TPSA) is 71.3 Å². The van der Waals surface area contributed by atoms with Gasteiger partial charge in [0.05, 0.1) is 27.0 Å². The quantitative estimate of drug-likeness (QED) is 0.327. The van der Waals surface area contributed by atoms with Gasteiger partial charge in [-0.05, 0) is 42.8 Å². The predicted molar refractivity (Wildman–Crippen MR) is 125 cm³/mol. The first-order valence-electron chi connectivity index (χ1n) is 10.2. The molecule has 4 rings (SSSR count). The average Bonchev–Trinajstić information content (AvgIpc) is 3.27. The number of pyridine rings is 1. The molecule has 0 bridgehead atoms. The third kappa shape index (κ3) is 4.78. The number of rotatable bonds is 9. The number of ether oxygens (including phenoxy) is 3. The minimum absolute atomic E-state index is 0.353. The van der Waals surface area contributed by atoms with Crippen LogP contribution in [-0.2, 0) is 6.42 Å². The van der Waals surface area contributed by atoms with E-state index >= 15 is 0 Å². The van der Waals surface area contributed by atoms with Crippen molar-refractivity contribution in [2.45, 2.75) is 11.6 Å². The Kier molecular flexibility index (Phi) is 7.09. The van der Waals surface area contributed by atoms with E-state index in [2.05, 4.69) is 15.2 Å². The molecule has 0 aliphatic carbocycles. The van der Waals surface area contributed by atoms with E-state index in [1.165, 1.54) is 24.9 Å². The highest BCUT2D eigenvalue weighted by molar-refractivity contribution is 7.99.